The monoisotopic (exact) mass is 643 g/mol. The molecule has 0 spiro atoms. The van der Waals surface area contributed by atoms with Crippen LogP contribution in [-0.4, -0.2) is 21.8 Å². The summed E-state index contributed by atoms with van der Waals surface area (Å²) in [5, 5.41) is 11.1. The van der Waals surface area contributed by atoms with Gasteiger partial charge in [0.15, 0.2) is 0 Å². The van der Waals surface area contributed by atoms with Gasteiger partial charge in [0, 0.05) is 22.4 Å². The number of aliphatic imine (C=N–C) groups is 1. The van der Waals surface area contributed by atoms with Crippen molar-refractivity contribution in [1.29, 1.82) is 0 Å². The van der Waals surface area contributed by atoms with E-state index in [9.17, 15) is 0 Å². The Hall–Kier alpha value is -2.37. The van der Waals surface area contributed by atoms with Gasteiger partial charge < -0.3 is 0 Å². The first-order chi connectivity index (χ1) is 19.5. The lowest BCUT2D eigenvalue weighted by atomic mass is 9.69. The molecule has 1 aliphatic heterocycles. The van der Waals surface area contributed by atoms with Crippen LogP contribution >= 0.6 is 58.2 Å². The van der Waals surface area contributed by atoms with E-state index in [0.717, 1.165) is 32.5 Å². The zero-order chi connectivity index (χ0) is 29.7. The first-order valence-electron chi connectivity index (χ1n) is 13.2. The fraction of sp³-hybridized carbons (Fsp3) is 0.281. The number of hydrogen-bond donors (Lipinski definition) is 0. The molecule has 0 fully saturated rings. The molecule has 212 valence electrons. The molecule has 3 aromatic rings. The number of hydrogen-bond acceptors (Lipinski definition) is 4. The van der Waals surface area contributed by atoms with E-state index in [1.165, 1.54) is 11.1 Å². The zero-order valence-corrected chi connectivity index (χ0v) is 27.3. The summed E-state index contributed by atoms with van der Waals surface area (Å²) < 4.78 is 0. The molecular weight excluding hydrogens is 614 g/mol. The Morgan fingerprint density at radius 2 is 1.73 bits per heavy atom. The van der Waals surface area contributed by atoms with Crippen molar-refractivity contribution in [3.63, 3.8) is 0 Å². The molecular formula is C32H31Cl4N4S+. The Bertz CT molecular complexity index is 1600. The largest absolute Gasteiger partial charge is 0.277 e. The van der Waals surface area contributed by atoms with Crippen LogP contribution in [-0.2, 0) is 11.2 Å². The lowest BCUT2D eigenvalue weighted by Gasteiger charge is -2.35. The first-order valence-corrected chi connectivity index (χ1v) is 15.7. The van der Waals surface area contributed by atoms with Gasteiger partial charge in [-0.25, -0.2) is 0 Å². The van der Waals surface area contributed by atoms with Crippen LogP contribution in [0.1, 0.15) is 62.8 Å². The number of allylic oxidation sites excluding steroid dienone is 1. The topological polar surface area (TPSA) is 51.2 Å². The third-order valence-electron chi connectivity index (χ3n) is 7.50. The summed E-state index contributed by atoms with van der Waals surface area (Å²) in [6.07, 6.45) is 3.63. The maximum Gasteiger partial charge on any atom is 0.277 e. The van der Waals surface area contributed by atoms with Crippen molar-refractivity contribution in [3.8, 4) is 0 Å². The molecule has 41 heavy (non-hydrogen) atoms. The van der Waals surface area contributed by atoms with Crippen molar-refractivity contribution >= 4 is 75.1 Å². The molecule has 2 atom stereocenters. The molecule has 1 heterocycles. The highest BCUT2D eigenvalue weighted by atomic mass is 35.5. The van der Waals surface area contributed by atoms with Gasteiger partial charge in [-0.1, -0.05) is 103 Å². The van der Waals surface area contributed by atoms with E-state index >= 15 is 0 Å². The van der Waals surface area contributed by atoms with Gasteiger partial charge in [0.25, 0.3) is 11.9 Å². The van der Waals surface area contributed by atoms with Crippen molar-refractivity contribution in [2.45, 2.75) is 51.7 Å². The predicted molar refractivity (Wildman–Crippen MR) is 178 cm³/mol. The van der Waals surface area contributed by atoms with E-state index in [1.807, 2.05) is 67.7 Å². The van der Waals surface area contributed by atoms with Crippen LogP contribution in [0, 0.1) is 5.92 Å². The second-order valence-corrected chi connectivity index (χ2v) is 13.4. The van der Waals surface area contributed by atoms with Gasteiger partial charge in [-0.2, -0.15) is 0 Å². The molecule has 2 unspecified atom stereocenters. The SMILES string of the molecule is CC(=NC=C(C(C)C(C)c1cccc(Cl)c1)C(C)(C)c1ccc(Cl)c(Cl)c1)SCc1ccc(Cl)c(C2=NN=[N+]=C2)c1. The summed E-state index contributed by atoms with van der Waals surface area (Å²) in [6.45, 7) is 10.9. The van der Waals surface area contributed by atoms with Gasteiger partial charge in [0.1, 0.15) is 0 Å². The molecule has 4 rings (SSSR count). The highest BCUT2D eigenvalue weighted by Gasteiger charge is 2.33. The van der Waals surface area contributed by atoms with Gasteiger partial charge in [-0.15, -0.1) is 11.8 Å². The number of benzene rings is 3. The normalized spacial score (nSPS) is 15.3. The van der Waals surface area contributed by atoms with Crippen molar-refractivity contribution in [2.24, 2.45) is 21.2 Å². The standard InChI is InChI=1S/C32H31Cl4N4S/c1-19(23-7-6-8-25(33)14-23)20(2)27(32(4,5)24-10-12-29(35)30(36)15-24)16-37-21(3)41-18-22-9-11-28(34)26(13-22)31-17-38-40-39-31/h6-17,19-20H,18H2,1-5H3/q+1. The van der Waals surface area contributed by atoms with Crippen LogP contribution in [0.4, 0.5) is 0 Å². The number of halogens is 4. The third-order valence-corrected chi connectivity index (χ3v) is 9.81. The second kappa shape index (κ2) is 13.7. The quantitative estimate of drug-likeness (QED) is 0.130. The summed E-state index contributed by atoms with van der Waals surface area (Å²) in [4.78, 5) is 8.76. The van der Waals surface area contributed by atoms with Gasteiger partial charge in [0.2, 0.25) is 5.22 Å². The molecule has 0 bridgehead atoms. The van der Waals surface area contributed by atoms with Crippen molar-refractivity contribution < 1.29 is 4.79 Å². The molecule has 0 amide bonds. The second-order valence-electron chi connectivity index (χ2n) is 10.5. The lowest BCUT2D eigenvalue weighted by Crippen LogP contribution is -2.27. The van der Waals surface area contributed by atoms with Gasteiger partial charge in [-0.3, -0.25) is 4.99 Å². The van der Waals surface area contributed by atoms with Crippen molar-refractivity contribution in [2.75, 3.05) is 0 Å². The van der Waals surface area contributed by atoms with Crippen LogP contribution in [0.15, 0.2) is 87.8 Å². The lowest BCUT2D eigenvalue weighted by molar-refractivity contribution is -0.0757. The number of rotatable bonds is 9. The smallest absolute Gasteiger partial charge is 0.255 e. The van der Waals surface area contributed by atoms with E-state index in [1.54, 1.807) is 18.0 Å². The van der Waals surface area contributed by atoms with E-state index in [4.69, 9.17) is 51.4 Å². The summed E-state index contributed by atoms with van der Waals surface area (Å²) in [5.74, 6) is 1.08. The summed E-state index contributed by atoms with van der Waals surface area (Å²) in [6, 6.07) is 19.8. The van der Waals surface area contributed by atoms with Crippen LogP contribution in [0.3, 0.4) is 0 Å². The minimum atomic E-state index is -0.366. The van der Waals surface area contributed by atoms with E-state index in [-0.39, 0.29) is 17.3 Å². The molecule has 3 aromatic carbocycles. The van der Waals surface area contributed by atoms with Crippen molar-refractivity contribution in [3.05, 3.63) is 115 Å². The minimum absolute atomic E-state index is 0.151. The first kappa shape index (κ1) is 31.6. The molecule has 4 nitrogen and oxygen atoms in total. The van der Waals surface area contributed by atoms with Gasteiger partial charge in [-0.05, 0) is 77.4 Å². The van der Waals surface area contributed by atoms with Crippen LogP contribution in [0.2, 0.25) is 20.1 Å². The maximum absolute atomic E-state index is 6.44. The molecule has 9 heteroatoms. The Balaban J connectivity index is 1.63. The van der Waals surface area contributed by atoms with Crippen LogP contribution < -0.4 is 0 Å². The highest BCUT2D eigenvalue weighted by Crippen LogP contribution is 2.43. The molecule has 0 radical (unpaired) electrons. The van der Waals surface area contributed by atoms with Gasteiger partial charge >= 0.3 is 0 Å². The molecule has 0 aromatic heterocycles. The number of nitrogens with zero attached hydrogens (tertiary/aromatic N) is 4. The Kier molecular flexibility index (Phi) is 10.6. The summed E-state index contributed by atoms with van der Waals surface area (Å²) in [5.41, 5.74) is 5.65. The Morgan fingerprint density at radius 3 is 2.41 bits per heavy atom. The Labute approximate surface area is 266 Å². The summed E-state index contributed by atoms with van der Waals surface area (Å²) in [7, 11) is 0. The number of thioether (sulfide) groups is 1. The minimum Gasteiger partial charge on any atom is -0.255 e. The molecule has 1 aliphatic rings. The summed E-state index contributed by atoms with van der Waals surface area (Å²) >= 11 is 27.1. The van der Waals surface area contributed by atoms with E-state index in [2.05, 4.69) is 48.9 Å². The maximum atomic E-state index is 6.44. The molecule has 0 saturated heterocycles. The Morgan fingerprint density at radius 1 is 0.976 bits per heavy atom. The van der Waals surface area contributed by atoms with Crippen molar-refractivity contribution in [1.82, 2.24) is 0 Å². The fourth-order valence-electron chi connectivity index (χ4n) is 4.80. The molecule has 0 aliphatic carbocycles. The average molecular weight is 646 g/mol. The van der Waals surface area contributed by atoms with Crippen LogP contribution in [0.5, 0.6) is 0 Å². The van der Waals surface area contributed by atoms with E-state index in [0.29, 0.717) is 20.8 Å². The van der Waals surface area contributed by atoms with Crippen LogP contribution in [0.25, 0.3) is 0 Å². The predicted octanol–water partition coefficient (Wildman–Crippen LogP) is 10.7. The van der Waals surface area contributed by atoms with Gasteiger partial charge in [0.05, 0.1) is 30.8 Å². The van der Waals surface area contributed by atoms with E-state index < -0.39 is 0 Å². The highest BCUT2D eigenvalue weighted by molar-refractivity contribution is 8.13. The molecule has 0 N–H and O–H groups in total. The fourth-order valence-corrected chi connectivity index (χ4v) is 6.19. The average Bonchev–Trinajstić information content (AvgIpc) is 3.48. The third kappa shape index (κ3) is 7.73. The molecule has 0 saturated carbocycles. The zero-order valence-electron chi connectivity index (χ0n) is 23.5.